The first kappa shape index (κ1) is 15.1. The van der Waals surface area contributed by atoms with Crippen LogP contribution in [-0.4, -0.2) is 23.2 Å². The zero-order chi connectivity index (χ0) is 15.6. The summed E-state index contributed by atoms with van der Waals surface area (Å²) >= 11 is 0. The third-order valence-corrected chi connectivity index (χ3v) is 3.65. The van der Waals surface area contributed by atoms with Crippen molar-refractivity contribution in [3.05, 3.63) is 41.2 Å². The van der Waals surface area contributed by atoms with Crippen LogP contribution in [0.15, 0.2) is 24.3 Å². The zero-order valence-corrected chi connectivity index (χ0v) is 13.0. The van der Waals surface area contributed by atoms with E-state index >= 15 is 0 Å². The predicted molar refractivity (Wildman–Crippen MR) is 85.6 cm³/mol. The molecule has 21 heavy (non-hydrogen) atoms. The average Bonchev–Trinajstić information content (AvgIpc) is 2.87. The molecule has 1 amide bonds. The lowest BCUT2D eigenvalue weighted by Gasteiger charge is -2.17. The van der Waals surface area contributed by atoms with E-state index < -0.39 is 0 Å². The van der Waals surface area contributed by atoms with Gasteiger partial charge in [-0.1, -0.05) is 32.9 Å². The lowest BCUT2D eigenvalue weighted by Crippen LogP contribution is -2.27. The maximum atomic E-state index is 12.5. The van der Waals surface area contributed by atoms with Crippen LogP contribution in [0.5, 0.6) is 0 Å². The van der Waals surface area contributed by atoms with Crippen molar-refractivity contribution in [2.75, 3.05) is 17.7 Å². The van der Waals surface area contributed by atoms with Gasteiger partial charge in [-0.2, -0.15) is 5.10 Å². The summed E-state index contributed by atoms with van der Waals surface area (Å²) in [6.45, 7) is 6.11. The summed E-state index contributed by atoms with van der Waals surface area (Å²) in [6.07, 6.45) is 0.974. The standard InChI is InChI=1S/C16H22N4O/c1-5-11-6-8-12(9-7-11)20(4)16(21)15-13(17)14(10(2)3)18-19-15/h6-10H,5,17H2,1-4H3,(H,18,19). The maximum absolute atomic E-state index is 12.5. The molecule has 1 aromatic heterocycles. The van der Waals surface area contributed by atoms with Gasteiger partial charge in [0, 0.05) is 12.7 Å². The van der Waals surface area contributed by atoms with Crippen molar-refractivity contribution in [3.63, 3.8) is 0 Å². The maximum Gasteiger partial charge on any atom is 0.280 e. The van der Waals surface area contributed by atoms with E-state index in [1.54, 1.807) is 11.9 Å². The van der Waals surface area contributed by atoms with Gasteiger partial charge in [0.05, 0.1) is 11.4 Å². The molecule has 2 aromatic rings. The summed E-state index contributed by atoms with van der Waals surface area (Å²) in [6, 6.07) is 7.91. The predicted octanol–water partition coefficient (Wildman–Crippen LogP) is 2.95. The number of nitrogens with zero attached hydrogens (tertiary/aromatic N) is 2. The molecule has 0 saturated carbocycles. The SMILES string of the molecule is CCc1ccc(N(C)C(=O)c2n[nH]c(C(C)C)c2N)cc1. The highest BCUT2D eigenvalue weighted by atomic mass is 16.2. The van der Waals surface area contributed by atoms with Crippen LogP contribution in [0.1, 0.15) is 48.4 Å². The Labute approximate surface area is 125 Å². The number of H-pyrrole nitrogens is 1. The molecule has 0 saturated heterocycles. The van der Waals surface area contributed by atoms with E-state index in [9.17, 15) is 4.79 Å². The van der Waals surface area contributed by atoms with Crippen LogP contribution < -0.4 is 10.6 Å². The fourth-order valence-corrected chi connectivity index (χ4v) is 2.20. The van der Waals surface area contributed by atoms with E-state index in [0.717, 1.165) is 17.8 Å². The molecule has 0 radical (unpaired) electrons. The molecule has 0 fully saturated rings. The van der Waals surface area contributed by atoms with Gasteiger partial charge in [-0.05, 0) is 30.0 Å². The van der Waals surface area contributed by atoms with E-state index in [1.807, 2.05) is 38.1 Å². The van der Waals surface area contributed by atoms with Crippen molar-refractivity contribution in [1.29, 1.82) is 0 Å². The number of carbonyl (C=O) groups is 1. The van der Waals surface area contributed by atoms with Gasteiger partial charge in [-0.3, -0.25) is 9.89 Å². The number of hydrogen-bond acceptors (Lipinski definition) is 3. The Hall–Kier alpha value is -2.30. The normalized spacial score (nSPS) is 10.9. The first-order valence-corrected chi connectivity index (χ1v) is 7.16. The van der Waals surface area contributed by atoms with E-state index in [0.29, 0.717) is 5.69 Å². The quantitative estimate of drug-likeness (QED) is 0.907. The minimum atomic E-state index is -0.208. The average molecular weight is 286 g/mol. The monoisotopic (exact) mass is 286 g/mol. The molecule has 0 bridgehead atoms. The summed E-state index contributed by atoms with van der Waals surface area (Å²) < 4.78 is 0. The molecule has 3 N–H and O–H groups in total. The minimum Gasteiger partial charge on any atom is -0.395 e. The summed E-state index contributed by atoms with van der Waals surface area (Å²) in [7, 11) is 1.73. The van der Waals surface area contributed by atoms with Crippen LogP contribution in [0.3, 0.4) is 0 Å². The van der Waals surface area contributed by atoms with Crippen molar-refractivity contribution in [2.45, 2.75) is 33.1 Å². The Morgan fingerprint density at radius 3 is 2.43 bits per heavy atom. The summed E-state index contributed by atoms with van der Waals surface area (Å²) in [5.41, 5.74) is 9.60. The molecule has 0 unspecified atom stereocenters. The van der Waals surface area contributed by atoms with Gasteiger partial charge in [-0.15, -0.1) is 0 Å². The Morgan fingerprint density at radius 2 is 1.95 bits per heavy atom. The van der Waals surface area contributed by atoms with Crippen LogP contribution in [0.25, 0.3) is 0 Å². The van der Waals surface area contributed by atoms with Gasteiger partial charge in [0.15, 0.2) is 5.69 Å². The zero-order valence-electron chi connectivity index (χ0n) is 13.0. The van der Waals surface area contributed by atoms with Crippen molar-refractivity contribution in [3.8, 4) is 0 Å². The number of aromatic amines is 1. The third-order valence-electron chi connectivity index (χ3n) is 3.65. The molecule has 2 rings (SSSR count). The van der Waals surface area contributed by atoms with Crippen LogP contribution >= 0.6 is 0 Å². The first-order chi connectivity index (χ1) is 9.95. The van der Waals surface area contributed by atoms with Crippen molar-refractivity contribution in [1.82, 2.24) is 10.2 Å². The second kappa shape index (κ2) is 5.99. The van der Waals surface area contributed by atoms with Crippen LogP contribution in [0, 0.1) is 0 Å². The molecule has 0 spiro atoms. The van der Waals surface area contributed by atoms with E-state index in [2.05, 4.69) is 17.1 Å². The number of benzene rings is 1. The topological polar surface area (TPSA) is 75.0 Å². The molecule has 5 nitrogen and oxygen atoms in total. The Morgan fingerprint density at radius 1 is 1.33 bits per heavy atom. The molecule has 0 aliphatic heterocycles. The second-order valence-electron chi connectivity index (χ2n) is 5.44. The van der Waals surface area contributed by atoms with Gasteiger partial charge in [-0.25, -0.2) is 0 Å². The minimum absolute atomic E-state index is 0.202. The van der Waals surface area contributed by atoms with Gasteiger partial charge < -0.3 is 10.6 Å². The van der Waals surface area contributed by atoms with Crippen LogP contribution in [0.4, 0.5) is 11.4 Å². The van der Waals surface area contributed by atoms with Crippen LogP contribution in [0.2, 0.25) is 0 Å². The highest BCUT2D eigenvalue weighted by molar-refractivity contribution is 6.07. The van der Waals surface area contributed by atoms with E-state index in [4.69, 9.17) is 5.73 Å². The van der Waals surface area contributed by atoms with E-state index in [-0.39, 0.29) is 17.5 Å². The van der Waals surface area contributed by atoms with Gasteiger partial charge in [0.2, 0.25) is 0 Å². The molecule has 0 aliphatic rings. The number of nitrogens with two attached hydrogens (primary N) is 1. The molecular formula is C16H22N4O. The highest BCUT2D eigenvalue weighted by Gasteiger charge is 2.22. The molecule has 1 heterocycles. The highest BCUT2D eigenvalue weighted by Crippen LogP contribution is 2.24. The molecular weight excluding hydrogens is 264 g/mol. The third kappa shape index (κ3) is 2.91. The summed E-state index contributed by atoms with van der Waals surface area (Å²) in [4.78, 5) is 14.1. The lowest BCUT2D eigenvalue weighted by atomic mass is 10.1. The number of rotatable bonds is 4. The number of carbonyl (C=O) groups excluding carboxylic acids is 1. The van der Waals surface area contributed by atoms with Crippen molar-refractivity contribution < 1.29 is 4.79 Å². The Kier molecular flexibility index (Phi) is 4.31. The summed E-state index contributed by atoms with van der Waals surface area (Å²) in [5.74, 6) is -0.00640. The first-order valence-electron chi connectivity index (χ1n) is 7.16. The molecule has 1 aromatic carbocycles. The van der Waals surface area contributed by atoms with Crippen molar-refractivity contribution in [2.24, 2.45) is 0 Å². The molecule has 112 valence electrons. The fourth-order valence-electron chi connectivity index (χ4n) is 2.20. The van der Waals surface area contributed by atoms with Gasteiger partial charge in [0.1, 0.15) is 0 Å². The van der Waals surface area contributed by atoms with Gasteiger partial charge in [0.25, 0.3) is 5.91 Å². The number of aryl methyl sites for hydroxylation is 1. The Bertz CT molecular complexity index is 628. The molecule has 0 atom stereocenters. The molecule has 0 aliphatic carbocycles. The summed E-state index contributed by atoms with van der Waals surface area (Å²) in [5, 5.41) is 6.93. The number of anilines is 2. The largest absolute Gasteiger partial charge is 0.395 e. The van der Waals surface area contributed by atoms with Gasteiger partial charge >= 0.3 is 0 Å². The fraction of sp³-hybridized carbons (Fsp3) is 0.375. The Balaban J connectivity index is 2.26. The smallest absolute Gasteiger partial charge is 0.280 e. The second-order valence-corrected chi connectivity index (χ2v) is 5.44. The number of amides is 1. The number of hydrogen-bond donors (Lipinski definition) is 2. The number of aromatic nitrogens is 2. The van der Waals surface area contributed by atoms with Crippen molar-refractivity contribution >= 4 is 17.3 Å². The number of nitrogen functional groups attached to an aromatic ring is 1. The number of nitrogens with one attached hydrogen (secondary N) is 1. The van der Waals surface area contributed by atoms with Crippen LogP contribution in [-0.2, 0) is 6.42 Å². The van der Waals surface area contributed by atoms with E-state index in [1.165, 1.54) is 5.56 Å². The molecule has 5 heteroatoms. The lowest BCUT2D eigenvalue weighted by molar-refractivity contribution is 0.0989.